The number of thiazole rings is 1. The van der Waals surface area contributed by atoms with E-state index in [0.29, 0.717) is 30.6 Å². The lowest BCUT2D eigenvalue weighted by molar-refractivity contribution is -0.133. The fourth-order valence-corrected chi connectivity index (χ4v) is 5.65. The molecule has 1 aromatic heterocycles. The van der Waals surface area contributed by atoms with Gasteiger partial charge < -0.3 is 4.90 Å². The number of carbonyl (C=O) groups is 1. The van der Waals surface area contributed by atoms with Crippen molar-refractivity contribution < 1.29 is 13.2 Å². The van der Waals surface area contributed by atoms with E-state index in [-0.39, 0.29) is 11.7 Å². The summed E-state index contributed by atoms with van der Waals surface area (Å²) in [5, 5.41) is 1.78. The van der Waals surface area contributed by atoms with E-state index in [9.17, 15) is 13.2 Å². The molecular weight excluding hydrogens is 356 g/mol. The third-order valence-corrected chi connectivity index (χ3v) is 7.69. The largest absolute Gasteiger partial charge is 0.341 e. The lowest BCUT2D eigenvalue weighted by Crippen LogP contribution is -2.48. The van der Waals surface area contributed by atoms with E-state index in [1.165, 1.54) is 18.3 Å². The predicted octanol–water partition coefficient (Wildman–Crippen LogP) is 3.29. The molecule has 1 aromatic rings. The van der Waals surface area contributed by atoms with Gasteiger partial charge in [-0.05, 0) is 38.0 Å². The zero-order valence-corrected chi connectivity index (χ0v) is 17.3. The summed E-state index contributed by atoms with van der Waals surface area (Å²) in [5.74, 6) is 0.422. The lowest BCUT2D eigenvalue weighted by Gasteiger charge is -2.36. The minimum absolute atomic E-state index is 0.151. The zero-order chi connectivity index (χ0) is 18.6. The number of hydrogen-bond donors (Lipinski definition) is 0. The third kappa shape index (κ3) is 5.51. The van der Waals surface area contributed by atoms with Gasteiger partial charge in [-0.1, -0.05) is 27.2 Å². The van der Waals surface area contributed by atoms with Gasteiger partial charge in [-0.25, -0.2) is 13.4 Å². The van der Waals surface area contributed by atoms with Crippen LogP contribution in [0.1, 0.15) is 57.7 Å². The number of carbonyl (C=O) groups excluding carboxylic acids is 1. The van der Waals surface area contributed by atoms with Crippen molar-refractivity contribution in [1.82, 2.24) is 9.88 Å². The SMILES string of the molecule is CCCCc1nc(CS(=O)(=O)C(C)C(=O)N2CC(C)CC(C)C2)cs1. The monoisotopic (exact) mass is 386 g/mol. The first-order valence-corrected chi connectivity index (χ1v) is 11.8. The summed E-state index contributed by atoms with van der Waals surface area (Å²) in [5.41, 5.74) is 0.566. The molecule has 1 saturated heterocycles. The highest BCUT2D eigenvalue weighted by Crippen LogP contribution is 2.23. The molecule has 1 amide bonds. The second-order valence-corrected chi connectivity index (χ2v) is 10.7. The van der Waals surface area contributed by atoms with Gasteiger partial charge in [0.25, 0.3) is 0 Å². The Balaban J connectivity index is 2.02. The minimum atomic E-state index is -3.55. The summed E-state index contributed by atoms with van der Waals surface area (Å²) in [4.78, 5) is 18.9. The second kappa shape index (κ2) is 8.62. The minimum Gasteiger partial charge on any atom is -0.341 e. The van der Waals surface area contributed by atoms with E-state index in [0.717, 1.165) is 30.7 Å². The van der Waals surface area contributed by atoms with Crippen LogP contribution in [0.25, 0.3) is 0 Å². The van der Waals surface area contributed by atoms with Crippen molar-refractivity contribution in [3.8, 4) is 0 Å². The molecule has 0 N–H and O–H groups in total. The molecule has 0 aromatic carbocycles. The van der Waals surface area contributed by atoms with Crippen LogP contribution in [0.4, 0.5) is 0 Å². The van der Waals surface area contributed by atoms with Gasteiger partial charge in [0.05, 0.1) is 16.5 Å². The molecule has 0 saturated carbocycles. The van der Waals surface area contributed by atoms with Crippen LogP contribution in [-0.2, 0) is 26.8 Å². The first kappa shape index (κ1) is 20.4. The number of likely N-dealkylation sites (tertiary alicyclic amines) is 1. The molecule has 3 unspecified atom stereocenters. The van der Waals surface area contributed by atoms with Gasteiger partial charge in [-0.15, -0.1) is 11.3 Å². The Labute approximate surface area is 155 Å². The molecule has 5 nitrogen and oxygen atoms in total. The molecule has 0 radical (unpaired) electrons. The van der Waals surface area contributed by atoms with Gasteiger partial charge in [0, 0.05) is 18.5 Å². The van der Waals surface area contributed by atoms with Crippen molar-refractivity contribution in [2.75, 3.05) is 13.1 Å². The van der Waals surface area contributed by atoms with Crippen molar-refractivity contribution in [2.45, 2.75) is 64.4 Å². The third-order valence-electron chi connectivity index (χ3n) is 4.76. The molecule has 0 bridgehead atoms. The summed E-state index contributed by atoms with van der Waals surface area (Å²) in [6.07, 6.45) is 4.12. The topological polar surface area (TPSA) is 67.3 Å². The van der Waals surface area contributed by atoms with Crippen LogP contribution >= 0.6 is 11.3 Å². The summed E-state index contributed by atoms with van der Waals surface area (Å²) < 4.78 is 25.4. The van der Waals surface area contributed by atoms with Crippen LogP contribution in [0.2, 0.25) is 0 Å². The van der Waals surface area contributed by atoms with Crippen LogP contribution < -0.4 is 0 Å². The molecule has 25 heavy (non-hydrogen) atoms. The number of hydrogen-bond acceptors (Lipinski definition) is 5. The molecule has 142 valence electrons. The van der Waals surface area contributed by atoms with Crippen LogP contribution in [0.3, 0.4) is 0 Å². The van der Waals surface area contributed by atoms with Crippen molar-refractivity contribution in [2.24, 2.45) is 11.8 Å². The van der Waals surface area contributed by atoms with Gasteiger partial charge >= 0.3 is 0 Å². The van der Waals surface area contributed by atoms with Gasteiger partial charge in [0.1, 0.15) is 5.25 Å². The number of rotatable bonds is 7. The Morgan fingerprint density at radius 1 is 1.36 bits per heavy atom. The predicted molar refractivity (Wildman–Crippen MR) is 102 cm³/mol. The summed E-state index contributed by atoms with van der Waals surface area (Å²) in [6.45, 7) is 9.17. The molecule has 1 fully saturated rings. The maximum Gasteiger partial charge on any atom is 0.240 e. The number of aryl methyl sites for hydroxylation is 1. The van der Waals surface area contributed by atoms with Gasteiger partial charge in [-0.3, -0.25) is 4.79 Å². The smallest absolute Gasteiger partial charge is 0.240 e. The maximum absolute atomic E-state index is 12.7. The molecular formula is C18H30N2O3S2. The zero-order valence-electron chi connectivity index (χ0n) is 15.7. The van der Waals surface area contributed by atoms with Crippen molar-refractivity contribution in [1.29, 1.82) is 0 Å². The van der Waals surface area contributed by atoms with E-state index >= 15 is 0 Å². The van der Waals surface area contributed by atoms with Crippen LogP contribution in [0.15, 0.2) is 5.38 Å². The van der Waals surface area contributed by atoms with E-state index in [1.54, 1.807) is 4.90 Å². The number of unbranched alkanes of at least 4 members (excludes halogenated alkanes) is 1. The van der Waals surface area contributed by atoms with Crippen LogP contribution in [-0.4, -0.2) is 42.5 Å². The van der Waals surface area contributed by atoms with E-state index in [1.807, 2.05) is 5.38 Å². The number of sulfone groups is 1. The Bertz CT molecular complexity index is 674. The van der Waals surface area contributed by atoms with Crippen LogP contribution in [0, 0.1) is 11.8 Å². The Morgan fingerprint density at radius 3 is 2.60 bits per heavy atom. The normalized spacial score (nSPS) is 22.8. The standard InChI is InChI=1S/C18H30N2O3S2/c1-5-6-7-17-19-16(11-24-17)12-25(22,23)15(4)18(21)20-9-13(2)8-14(3)10-20/h11,13-15H,5-10,12H2,1-4H3. The first-order chi connectivity index (χ1) is 11.7. The number of aromatic nitrogens is 1. The fourth-order valence-electron chi connectivity index (χ4n) is 3.44. The van der Waals surface area contributed by atoms with Gasteiger partial charge in [0.15, 0.2) is 9.84 Å². The van der Waals surface area contributed by atoms with Crippen LogP contribution in [0.5, 0.6) is 0 Å². The average Bonchev–Trinajstić information content (AvgIpc) is 2.97. The highest BCUT2D eigenvalue weighted by Gasteiger charge is 2.35. The quantitative estimate of drug-likeness (QED) is 0.721. The molecule has 0 spiro atoms. The van der Waals surface area contributed by atoms with Gasteiger partial charge in [0.2, 0.25) is 5.91 Å². The Hall–Kier alpha value is -0.950. The van der Waals surface area contributed by atoms with Gasteiger partial charge in [-0.2, -0.15) is 0 Å². The highest BCUT2D eigenvalue weighted by molar-refractivity contribution is 7.92. The number of nitrogens with zero attached hydrogens (tertiary/aromatic N) is 2. The van der Waals surface area contributed by atoms with E-state index in [4.69, 9.17) is 0 Å². The highest BCUT2D eigenvalue weighted by atomic mass is 32.2. The summed E-state index contributed by atoms with van der Waals surface area (Å²) in [7, 11) is -3.55. The maximum atomic E-state index is 12.7. The summed E-state index contributed by atoms with van der Waals surface area (Å²) >= 11 is 1.51. The molecule has 1 aliphatic heterocycles. The molecule has 1 aliphatic rings. The van der Waals surface area contributed by atoms with E-state index < -0.39 is 15.1 Å². The fraction of sp³-hybridized carbons (Fsp3) is 0.778. The van der Waals surface area contributed by atoms with Crippen molar-refractivity contribution in [3.05, 3.63) is 16.1 Å². The lowest BCUT2D eigenvalue weighted by atomic mass is 9.92. The molecule has 7 heteroatoms. The van der Waals surface area contributed by atoms with Crippen molar-refractivity contribution >= 4 is 27.1 Å². The molecule has 0 aliphatic carbocycles. The van der Waals surface area contributed by atoms with Crippen molar-refractivity contribution in [3.63, 3.8) is 0 Å². The number of piperidine rings is 1. The Kier molecular flexibility index (Phi) is 7.02. The number of amides is 1. The summed E-state index contributed by atoms with van der Waals surface area (Å²) in [6, 6.07) is 0. The Morgan fingerprint density at radius 2 is 2.00 bits per heavy atom. The first-order valence-electron chi connectivity index (χ1n) is 9.16. The molecule has 2 heterocycles. The second-order valence-electron chi connectivity index (χ2n) is 7.47. The average molecular weight is 387 g/mol. The molecule has 3 atom stereocenters. The molecule has 2 rings (SSSR count). The van der Waals surface area contributed by atoms with E-state index in [2.05, 4.69) is 25.8 Å².